The van der Waals surface area contributed by atoms with Crippen molar-refractivity contribution >= 4 is 34.8 Å². The van der Waals surface area contributed by atoms with Gasteiger partial charge in [0.25, 0.3) is 5.91 Å². The van der Waals surface area contributed by atoms with E-state index in [4.69, 9.17) is 11.6 Å². The minimum Gasteiger partial charge on any atom is -0.366 e. The van der Waals surface area contributed by atoms with Crippen molar-refractivity contribution in [3.63, 3.8) is 0 Å². The number of hydrogen-bond donors (Lipinski definition) is 1. The maximum atomic E-state index is 14.0. The molecule has 2 amide bonds. The summed E-state index contributed by atoms with van der Waals surface area (Å²) in [4.78, 5) is 28.2. The Bertz CT molecular complexity index is 1040. The number of benzene rings is 2. The lowest BCUT2D eigenvalue weighted by Gasteiger charge is -2.37. The first-order valence-corrected chi connectivity index (χ1v) is 10.1. The standard InChI is InChI=1S/C21H19ClF5N3O2/c1-10(2)21(32)30-7-5-29(6-8-30)13-4-3-11(22)9-12(13)28-20(31)14-15(23)17(25)19(27)18(26)16(14)24/h3-4,9-10H,5-8H2,1-2H3,(H,28,31). The van der Waals surface area contributed by atoms with Crippen molar-refractivity contribution < 1.29 is 31.5 Å². The van der Waals surface area contributed by atoms with Crippen LogP contribution in [-0.2, 0) is 4.79 Å². The van der Waals surface area contributed by atoms with Crippen molar-refractivity contribution in [2.75, 3.05) is 36.4 Å². The minimum atomic E-state index is -2.35. The third-order valence-electron chi connectivity index (χ3n) is 5.07. The summed E-state index contributed by atoms with van der Waals surface area (Å²) < 4.78 is 68.3. The van der Waals surface area contributed by atoms with E-state index in [1.165, 1.54) is 12.1 Å². The lowest BCUT2D eigenvalue weighted by Crippen LogP contribution is -2.50. The summed E-state index contributed by atoms with van der Waals surface area (Å²) in [5.41, 5.74) is -1.15. The number of hydrogen-bond acceptors (Lipinski definition) is 3. The molecule has 0 aliphatic carbocycles. The Morgan fingerprint density at radius 1 is 0.906 bits per heavy atom. The summed E-state index contributed by atoms with van der Waals surface area (Å²) >= 11 is 5.98. The number of piperazine rings is 1. The fraction of sp³-hybridized carbons (Fsp3) is 0.333. The molecule has 0 saturated carbocycles. The van der Waals surface area contributed by atoms with Crippen LogP contribution in [0.5, 0.6) is 0 Å². The van der Waals surface area contributed by atoms with Gasteiger partial charge in [-0.2, -0.15) is 0 Å². The van der Waals surface area contributed by atoms with E-state index in [0.717, 1.165) is 0 Å². The van der Waals surface area contributed by atoms with Gasteiger partial charge in [0.2, 0.25) is 11.7 Å². The predicted octanol–water partition coefficient (Wildman–Crippen LogP) is 4.59. The number of nitrogens with zero attached hydrogens (tertiary/aromatic N) is 2. The van der Waals surface area contributed by atoms with Crippen molar-refractivity contribution in [2.45, 2.75) is 13.8 Å². The highest BCUT2D eigenvalue weighted by Gasteiger charge is 2.31. The number of amides is 2. The van der Waals surface area contributed by atoms with Gasteiger partial charge in [-0.05, 0) is 18.2 Å². The fourth-order valence-corrected chi connectivity index (χ4v) is 3.58. The average Bonchev–Trinajstić information content (AvgIpc) is 2.76. The van der Waals surface area contributed by atoms with E-state index in [2.05, 4.69) is 5.32 Å². The number of anilines is 2. The molecular weight excluding hydrogens is 457 g/mol. The first-order valence-electron chi connectivity index (χ1n) is 9.69. The Balaban J connectivity index is 1.88. The van der Waals surface area contributed by atoms with E-state index in [-0.39, 0.29) is 22.5 Å². The summed E-state index contributed by atoms with van der Waals surface area (Å²) in [6, 6.07) is 4.37. The van der Waals surface area contributed by atoms with E-state index in [1.807, 2.05) is 4.90 Å². The Morgan fingerprint density at radius 3 is 1.97 bits per heavy atom. The molecule has 1 heterocycles. The van der Waals surface area contributed by atoms with Crippen LogP contribution in [0.4, 0.5) is 33.3 Å². The Hall–Kier alpha value is -2.88. The van der Waals surface area contributed by atoms with E-state index >= 15 is 0 Å². The second-order valence-corrected chi connectivity index (χ2v) is 7.96. The highest BCUT2D eigenvalue weighted by molar-refractivity contribution is 6.31. The average molecular weight is 476 g/mol. The third kappa shape index (κ3) is 4.50. The third-order valence-corrected chi connectivity index (χ3v) is 5.30. The molecule has 5 nitrogen and oxygen atoms in total. The molecule has 0 aromatic heterocycles. The molecule has 1 aliphatic heterocycles. The molecule has 0 bridgehead atoms. The van der Waals surface area contributed by atoms with Crippen LogP contribution in [0, 0.1) is 35.0 Å². The number of carbonyl (C=O) groups is 2. The first-order chi connectivity index (χ1) is 15.0. The lowest BCUT2D eigenvalue weighted by molar-refractivity contribution is -0.134. The molecule has 11 heteroatoms. The van der Waals surface area contributed by atoms with Gasteiger partial charge in [0.05, 0.1) is 11.4 Å². The molecule has 0 atom stereocenters. The number of carbonyl (C=O) groups excluding carboxylic acids is 2. The predicted molar refractivity (Wildman–Crippen MR) is 109 cm³/mol. The van der Waals surface area contributed by atoms with Crippen molar-refractivity contribution in [3.05, 3.63) is 57.9 Å². The lowest BCUT2D eigenvalue weighted by atomic mass is 10.1. The van der Waals surface area contributed by atoms with Crippen molar-refractivity contribution in [1.82, 2.24) is 4.90 Å². The zero-order valence-corrected chi connectivity index (χ0v) is 17.9. The van der Waals surface area contributed by atoms with Gasteiger partial charge in [-0.1, -0.05) is 25.4 Å². The van der Waals surface area contributed by atoms with Gasteiger partial charge in [-0.25, -0.2) is 22.0 Å². The second kappa shape index (κ2) is 9.32. The zero-order chi connectivity index (χ0) is 23.7. The summed E-state index contributed by atoms with van der Waals surface area (Å²) in [5.74, 6) is -12.9. The van der Waals surface area contributed by atoms with Crippen LogP contribution >= 0.6 is 11.6 Å². The minimum absolute atomic E-state index is 0.000552. The maximum absolute atomic E-state index is 14.0. The number of rotatable bonds is 4. The van der Waals surface area contributed by atoms with Crippen molar-refractivity contribution in [2.24, 2.45) is 5.92 Å². The summed E-state index contributed by atoms with van der Waals surface area (Å²) in [5, 5.41) is 2.37. The van der Waals surface area contributed by atoms with Crippen LogP contribution in [0.2, 0.25) is 5.02 Å². The molecule has 3 rings (SSSR count). The maximum Gasteiger partial charge on any atom is 0.261 e. The molecule has 0 unspecified atom stereocenters. The van der Waals surface area contributed by atoms with Gasteiger partial charge in [-0.3, -0.25) is 9.59 Å². The summed E-state index contributed by atoms with van der Waals surface area (Å²) in [6.45, 7) is 5.19. The molecule has 1 aliphatic rings. The van der Waals surface area contributed by atoms with Gasteiger partial charge in [0.1, 0.15) is 5.56 Å². The molecule has 1 N–H and O–H groups in total. The molecule has 2 aromatic rings. The smallest absolute Gasteiger partial charge is 0.261 e. The van der Waals surface area contributed by atoms with Gasteiger partial charge in [0, 0.05) is 37.1 Å². The van der Waals surface area contributed by atoms with Crippen LogP contribution in [0.1, 0.15) is 24.2 Å². The Morgan fingerprint density at radius 2 is 1.44 bits per heavy atom. The quantitative estimate of drug-likeness (QED) is 0.400. The largest absolute Gasteiger partial charge is 0.366 e. The van der Waals surface area contributed by atoms with Crippen LogP contribution in [-0.4, -0.2) is 42.9 Å². The molecule has 1 fully saturated rings. The van der Waals surface area contributed by atoms with E-state index in [1.54, 1.807) is 24.8 Å². The molecular formula is C21H19ClF5N3O2. The number of halogens is 6. The van der Waals surface area contributed by atoms with Crippen molar-refractivity contribution in [1.29, 1.82) is 0 Å². The number of nitrogens with one attached hydrogen (secondary N) is 1. The van der Waals surface area contributed by atoms with Crippen LogP contribution in [0.15, 0.2) is 18.2 Å². The normalized spacial score (nSPS) is 14.2. The van der Waals surface area contributed by atoms with Gasteiger partial charge in [-0.15, -0.1) is 0 Å². The summed E-state index contributed by atoms with van der Waals surface area (Å²) in [6.07, 6.45) is 0. The molecule has 0 radical (unpaired) electrons. The molecule has 172 valence electrons. The van der Waals surface area contributed by atoms with Gasteiger partial charge in [0.15, 0.2) is 23.3 Å². The topological polar surface area (TPSA) is 52.7 Å². The Kier molecular flexibility index (Phi) is 6.92. The first kappa shape index (κ1) is 23.8. The van der Waals surface area contributed by atoms with Crippen LogP contribution in [0.25, 0.3) is 0 Å². The zero-order valence-electron chi connectivity index (χ0n) is 17.1. The van der Waals surface area contributed by atoms with E-state index in [0.29, 0.717) is 31.9 Å². The molecule has 32 heavy (non-hydrogen) atoms. The van der Waals surface area contributed by atoms with Crippen LogP contribution < -0.4 is 10.2 Å². The highest BCUT2D eigenvalue weighted by Crippen LogP contribution is 2.32. The van der Waals surface area contributed by atoms with E-state index in [9.17, 15) is 31.5 Å². The fourth-order valence-electron chi connectivity index (χ4n) is 3.41. The summed E-state index contributed by atoms with van der Waals surface area (Å²) in [7, 11) is 0. The van der Waals surface area contributed by atoms with Crippen LogP contribution in [0.3, 0.4) is 0 Å². The van der Waals surface area contributed by atoms with E-state index < -0.39 is 40.6 Å². The highest BCUT2D eigenvalue weighted by atomic mass is 35.5. The monoisotopic (exact) mass is 475 g/mol. The van der Waals surface area contributed by atoms with Crippen molar-refractivity contribution in [3.8, 4) is 0 Å². The second-order valence-electron chi connectivity index (χ2n) is 7.53. The molecule has 0 spiro atoms. The van der Waals surface area contributed by atoms with Gasteiger partial charge < -0.3 is 15.1 Å². The molecule has 1 saturated heterocycles. The SMILES string of the molecule is CC(C)C(=O)N1CCN(c2ccc(Cl)cc2NC(=O)c2c(F)c(F)c(F)c(F)c2F)CC1. The molecule has 2 aromatic carbocycles. The Labute approximate surface area is 185 Å². The van der Waals surface area contributed by atoms with Gasteiger partial charge >= 0.3 is 0 Å².